The fourth-order valence-corrected chi connectivity index (χ4v) is 19.0. The van der Waals surface area contributed by atoms with Crippen molar-refractivity contribution in [3.8, 4) is 23.3 Å². The second kappa shape index (κ2) is 31.7. The van der Waals surface area contributed by atoms with E-state index in [1.165, 1.54) is 9.80 Å². The number of carbonyl (C=O) groups is 8. The standard InChI is InChI=1S/2C40H53N3O9S/c2*1-24-11-7-8-12-26-20-40(26,38(47)42-53(48,49)28-15-16-28)21-33(44)32-18-27(51-36-30-14-10-9-13-29(30)34(50-6)22-41-36)23-43(32)37(46)31(25(2)17-24)19-35(45)52-39(3,4)5/h2*8-10,12-14,22,24-28,31-32H,7,11,15-21,23H2,1-6H3,(H,42,47)/b2*12-8-/t24-,25+,26+,27+,31-,32-,40+;24-,25-,26-,27-,31+,32+,40-/m01/s1. The van der Waals surface area contributed by atoms with Crippen molar-refractivity contribution in [2.75, 3.05) is 27.3 Å². The van der Waals surface area contributed by atoms with Gasteiger partial charge in [-0.15, -0.1) is 0 Å². The number of aromatic nitrogens is 2. The number of ketones is 2. The number of hydrogen-bond acceptors (Lipinski definition) is 20. The largest absolute Gasteiger partial charge is 0.494 e. The average molecular weight is 1500 g/mol. The Morgan fingerprint density at radius 3 is 1.23 bits per heavy atom. The number of hydrogen-bond donors (Lipinski definition) is 2. The van der Waals surface area contributed by atoms with Crippen molar-refractivity contribution in [3.63, 3.8) is 0 Å². The maximum atomic E-state index is 14.8. The third kappa shape index (κ3) is 18.6. The molecule has 8 aliphatic rings. The Hall–Kier alpha value is -8.00. The second-order valence-corrected chi connectivity index (χ2v) is 37.3. The summed E-state index contributed by atoms with van der Waals surface area (Å²) in [7, 11) is -4.57. The van der Waals surface area contributed by atoms with Gasteiger partial charge in [-0.1, -0.05) is 88.4 Å². The van der Waals surface area contributed by atoms with Crippen molar-refractivity contribution in [2.24, 2.45) is 58.2 Å². The molecule has 2 aromatic carbocycles. The lowest BCUT2D eigenvalue weighted by atomic mass is 9.82. The number of rotatable bonds is 16. The Kier molecular flexibility index (Phi) is 23.6. The first-order valence-corrected chi connectivity index (χ1v) is 40.8. The number of benzene rings is 2. The molecule has 24 nitrogen and oxygen atoms in total. The molecule has 12 rings (SSSR count). The summed E-state index contributed by atoms with van der Waals surface area (Å²) in [6, 6.07) is 13.1. The Morgan fingerprint density at radius 1 is 0.528 bits per heavy atom. The molecule has 0 radical (unpaired) electrons. The summed E-state index contributed by atoms with van der Waals surface area (Å²) in [4.78, 5) is 125. The number of esters is 2. The van der Waals surface area contributed by atoms with E-state index in [0.29, 0.717) is 85.4 Å². The van der Waals surface area contributed by atoms with Gasteiger partial charge in [-0.25, -0.2) is 26.8 Å². The van der Waals surface area contributed by atoms with Crippen LogP contribution in [-0.4, -0.2) is 157 Å². The van der Waals surface area contributed by atoms with Crippen molar-refractivity contribution in [3.05, 3.63) is 85.2 Å². The van der Waals surface area contributed by atoms with Crippen LogP contribution in [0.4, 0.5) is 0 Å². The predicted molar refractivity (Wildman–Crippen MR) is 397 cm³/mol. The topological polar surface area (TPSA) is 317 Å². The number of Topliss-reactive ketones (excluding diaryl/α,β-unsaturated/α-hetero) is 2. The minimum Gasteiger partial charge on any atom is -0.494 e. The van der Waals surface area contributed by atoms with Gasteiger partial charge in [0.2, 0.25) is 55.4 Å². The zero-order valence-corrected chi connectivity index (χ0v) is 64.9. The number of carbonyl (C=O) groups excluding carboxylic acids is 8. The third-order valence-electron chi connectivity index (χ3n) is 22.4. The van der Waals surface area contributed by atoms with Crippen LogP contribution < -0.4 is 28.4 Å². The third-order valence-corrected chi connectivity index (χ3v) is 26.0. The van der Waals surface area contributed by atoms with Crippen LogP contribution in [0.5, 0.6) is 23.3 Å². The summed E-state index contributed by atoms with van der Waals surface area (Å²) in [6.07, 6.45) is 16.4. The van der Waals surface area contributed by atoms with E-state index in [9.17, 15) is 55.2 Å². The van der Waals surface area contributed by atoms with Crippen molar-refractivity contribution in [1.82, 2.24) is 29.2 Å². The predicted octanol–water partition coefficient (Wildman–Crippen LogP) is 11.1. The molecule has 26 heteroatoms. The first-order chi connectivity index (χ1) is 50.0. The van der Waals surface area contributed by atoms with Crippen LogP contribution in [0.15, 0.2) is 85.2 Å². The van der Waals surface area contributed by atoms with E-state index in [0.717, 1.165) is 36.5 Å². The Labute approximate surface area is 623 Å². The Morgan fingerprint density at radius 2 is 0.887 bits per heavy atom. The summed E-state index contributed by atoms with van der Waals surface area (Å²) in [5.41, 5.74) is -3.98. The number of sulfonamides is 2. The number of nitrogens with zero attached hydrogens (tertiary/aromatic N) is 4. The van der Waals surface area contributed by atoms with Gasteiger partial charge in [0.25, 0.3) is 0 Å². The van der Waals surface area contributed by atoms with Crippen molar-refractivity contribution in [2.45, 2.75) is 231 Å². The van der Waals surface area contributed by atoms with Gasteiger partial charge in [0, 0.05) is 47.2 Å². The lowest BCUT2D eigenvalue weighted by Crippen LogP contribution is -2.47. The van der Waals surface area contributed by atoms with Gasteiger partial charge in [-0.2, -0.15) is 0 Å². The number of pyridine rings is 2. The molecule has 14 atom stereocenters. The van der Waals surface area contributed by atoms with Crippen LogP contribution in [0.1, 0.15) is 185 Å². The first-order valence-electron chi connectivity index (χ1n) is 37.7. The summed E-state index contributed by atoms with van der Waals surface area (Å²) < 4.78 is 91.5. The lowest BCUT2D eigenvalue weighted by molar-refractivity contribution is -0.160. The minimum absolute atomic E-state index is 0.0585. The van der Waals surface area contributed by atoms with E-state index in [1.54, 1.807) is 68.2 Å². The molecular formula is C80H106N6O18S2. The molecule has 4 amide bonds. The van der Waals surface area contributed by atoms with Crippen molar-refractivity contribution >= 4 is 88.7 Å². The monoisotopic (exact) mass is 1500 g/mol. The molecule has 106 heavy (non-hydrogen) atoms. The van der Waals surface area contributed by atoms with E-state index < -0.39 is 112 Å². The van der Waals surface area contributed by atoms with Crippen molar-refractivity contribution in [1.29, 1.82) is 0 Å². The molecule has 576 valence electrons. The molecule has 6 fully saturated rings. The highest BCUT2D eigenvalue weighted by atomic mass is 32.2. The summed E-state index contributed by atoms with van der Waals surface area (Å²) in [5.74, 6) is -4.05. The number of amides is 4. The SMILES string of the molecule is COc1cnc(O[C@@H]2C[C@H]3C(=O)C[C@]4(C(=O)NS(=O)(=O)C5CC5)C[C@H]4/C=C\CC[C@@H](C)C[C@@H](C)[C@H](CC(=O)OC(C)(C)C)C(=O)N3C2)c2ccccc12.COc1cnc(O[C@@H]2C[C@H]3C(=O)C[C@]4(C(=O)NS(=O)(=O)C5CC5)C[C@H]4/C=C\CC[C@H](C)C[C@@H](C)[C@H](CC(=O)OC(C)(C)C)C(=O)N3C2)c2ccccc12. The summed E-state index contributed by atoms with van der Waals surface area (Å²) >= 11 is 0. The van der Waals surface area contributed by atoms with Crippen LogP contribution in [0.3, 0.4) is 0 Å². The molecular weight excluding hydrogens is 1400 g/mol. The molecule has 0 spiro atoms. The van der Waals surface area contributed by atoms with E-state index in [2.05, 4.69) is 33.3 Å². The van der Waals surface area contributed by atoms with E-state index in [-0.39, 0.29) is 111 Å². The maximum absolute atomic E-state index is 14.8. The van der Waals surface area contributed by atoms with Gasteiger partial charge in [-0.05, 0) is 166 Å². The van der Waals surface area contributed by atoms with E-state index >= 15 is 0 Å². The van der Waals surface area contributed by atoms with Crippen LogP contribution >= 0.6 is 0 Å². The average Bonchev–Trinajstić information content (AvgIpc) is 1.57. The molecule has 0 bridgehead atoms. The smallest absolute Gasteiger partial charge is 0.307 e. The highest BCUT2D eigenvalue weighted by molar-refractivity contribution is 7.91. The highest BCUT2D eigenvalue weighted by Crippen LogP contribution is 2.59. The van der Waals surface area contributed by atoms with Gasteiger partial charge in [0.1, 0.15) is 34.9 Å². The van der Waals surface area contributed by atoms with Gasteiger partial charge in [0.05, 0.1) is 97.8 Å². The molecule has 4 aromatic rings. The molecule has 0 unspecified atom stereocenters. The summed E-state index contributed by atoms with van der Waals surface area (Å²) in [5, 5.41) is 1.81. The molecule has 4 aliphatic heterocycles. The van der Waals surface area contributed by atoms with Crippen LogP contribution in [-0.2, 0) is 67.9 Å². The maximum Gasteiger partial charge on any atom is 0.307 e. The van der Waals surface area contributed by atoms with E-state index in [4.69, 9.17) is 28.4 Å². The Bertz CT molecular complexity index is 4040. The molecule has 2 saturated heterocycles. The number of methoxy groups -OCH3 is 2. The molecule has 2 aromatic heterocycles. The van der Waals surface area contributed by atoms with E-state index in [1.807, 2.05) is 86.7 Å². The highest BCUT2D eigenvalue weighted by Gasteiger charge is 2.63. The lowest BCUT2D eigenvalue weighted by Gasteiger charge is -2.32. The molecule has 4 aliphatic carbocycles. The van der Waals surface area contributed by atoms with Gasteiger partial charge >= 0.3 is 11.9 Å². The quantitative estimate of drug-likeness (QED) is 0.0777. The number of fused-ring (bicyclic) bond motifs is 6. The second-order valence-electron chi connectivity index (χ2n) is 33.3. The fraction of sp³-hybridized carbons (Fsp3) is 0.625. The minimum atomic E-state index is -3.85. The zero-order chi connectivity index (χ0) is 76.6. The molecule has 4 saturated carbocycles. The number of nitrogens with one attached hydrogen (secondary N) is 2. The molecule has 2 N–H and O–H groups in total. The van der Waals surface area contributed by atoms with Crippen LogP contribution in [0.25, 0.3) is 21.5 Å². The summed E-state index contributed by atoms with van der Waals surface area (Å²) in [6.45, 7) is 19.0. The normalized spacial score (nSPS) is 30.3. The first kappa shape index (κ1) is 79.1. The molecule has 6 heterocycles. The fourth-order valence-electron chi connectivity index (χ4n) is 16.2. The van der Waals surface area contributed by atoms with Crippen LogP contribution in [0, 0.1) is 58.2 Å². The Balaban J connectivity index is 0.000000212. The van der Waals surface area contributed by atoms with Crippen LogP contribution in [0.2, 0.25) is 0 Å². The van der Waals surface area contributed by atoms with Crippen molar-refractivity contribution < 1.29 is 83.6 Å². The zero-order valence-electron chi connectivity index (χ0n) is 63.3. The van der Waals surface area contributed by atoms with Gasteiger partial charge in [-0.3, -0.25) is 47.8 Å². The van der Waals surface area contributed by atoms with Gasteiger partial charge < -0.3 is 38.2 Å². The number of allylic oxidation sites excluding steroid dienone is 4. The number of ether oxygens (including phenoxy) is 6. The van der Waals surface area contributed by atoms with Gasteiger partial charge in [0.15, 0.2) is 11.6 Å².